The summed E-state index contributed by atoms with van der Waals surface area (Å²) in [7, 11) is 0. The Morgan fingerprint density at radius 3 is 0.957 bits per heavy atom. The minimum atomic E-state index is -0.197. The lowest BCUT2D eigenvalue weighted by Gasteiger charge is -2.25. The van der Waals surface area contributed by atoms with E-state index in [0.29, 0.717) is 11.1 Å². The van der Waals surface area contributed by atoms with Crippen molar-refractivity contribution >= 4 is 54.8 Å². The van der Waals surface area contributed by atoms with Crippen molar-refractivity contribution in [3.63, 3.8) is 0 Å². The molecule has 0 saturated heterocycles. The Morgan fingerprint density at radius 1 is 0.348 bits per heavy atom. The lowest BCUT2D eigenvalue weighted by atomic mass is 9.83. The molecule has 0 unspecified atom stereocenters. The number of phenols is 2. The molecular weight excluding hydrogens is 572 g/mol. The first kappa shape index (κ1) is 26.0. The van der Waals surface area contributed by atoms with Crippen LogP contribution in [0.3, 0.4) is 0 Å². The van der Waals surface area contributed by atoms with E-state index in [9.17, 15) is 20.4 Å². The standard InChI is InChI=1S/C40H26N2O4/c43-35-21-23(41-31-13-5-1-9-25(31)26-10-2-6-14-32(26)41)17-19-29(35)37-39(45)38(40(37)46)30-20-18-24(22-36(30)44)42-33-15-7-3-11-27(33)28-12-4-8-16-34(28)42/h1-22,43-46H. The van der Waals surface area contributed by atoms with Gasteiger partial charge in [-0.1, -0.05) is 72.8 Å². The van der Waals surface area contributed by atoms with Crippen LogP contribution in [0.1, 0.15) is 11.1 Å². The van der Waals surface area contributed by atoms with Gasteiger partial charge in [0.25, 0.3) is 0 Å². The van der Waals surface area contributed by atoms with Crippen LogP contribution in [0.5, 0.6) is 11.5 Å². The number of hydrogen-bond donors (Lipinski definition) is 4. The highest BCUT2D eigenvalue weighted by molar-refractivity contribution is 6.11. The van der Waals surface area contributed by atoms with Crippen LogP contribution in [-0.2, 0) is 0 Å². The Labute approximate surface area is 262 Å². The molecule has 2 heterocycles. The van der Waals surface area contributed by atoms with E-state index < -0.39 is 0 Å². The van der Waals surface area contributed by atoms with Crippen LogP contribution in [-0.4, -0.2) is 29.6 Å². The number of aliphatic hydroxyl groups is 2. The molecular formula is C40H26N2O4. The van der Waals surface area contributed by atoms with Crippen molar-refractivity contribution < 1.29 is 20.4 Å². The highest BCUT2D eigenvalue weighted by Gasteiger charge is 2.34. The zero-order valence-electron chi connectivity index (χ0n) is 24.4. The van der Waals surface area contributed by atoms with Crippen LogP contribution in [0, 0.1) is 0 Å². The minimum absolute atomic E-state index is 0.0857. The fourth-order valence-electron chi connectivity index (χ4n) is 7.06. The largest absolute Gasteiger partial charge is 0.507 e. The summed E-state index contributed by atoms with van der Waals surface area (Å²) >= 11 is 0. The van der Waals surface area contributed by atoms with Crippen molar-refractivity contribution in [3.8, 4) is 22.9 Å². The van der Waals surface area contributed by atoms with Gasteiger partial charge in [0.15, 0.2) is 0 Å². The summed E-state index contributed by atoms with van der Waals surface area (Å²) in [4.78, 5) is 0. The molecule has 0 aliphatic heterocycles. The van der Waals surface area contributed by atoms with Gasteiger partial charge in [0.1, 0.15) is 23.0 Å². The predicted molar refractivity (Wildman–Crippen MR) is 184 cm³/mol. The molecule has 4 N–H and O–H groups in total. The van der Waals surface area contributed by atoms with Gasteiger partial charge in [-0.2, -0.15) is 0 Å². The van der Waals surface area contributed by atoms with Crippen LogP contribution in [0.25, 0.3) is 66.1 Å². The number of para-hydroxylation sites is 4. The molecule has 2 aromatic heterocycles. The van der Waals surface area contributed by atoms with Crippen LogP contribution in [0.2, 0.25) is 0 Å². The number of phenolic OH excluding ortho intramolecular Hbond substituents is 2. The highest BCUT2D eigenvalue weighted by atomic mass is 16.3. The molecule has 0 spiro atoms. The van der Waals surface area contributed by atoms with Gasteiger partial charge in [-0.05, 0) is 48.5 Å². The van der Waals surface area contributed by atoms with E-state index in [2.05, 4.69) is 33.4 Å². The van der Waals surface area contributed by atoms with Crippen LogP contribution in [0.4, 0.5) is 0 Å². The molecule has 0 amide bonds. The number of benzene rings is 6. The molecule has 1 aliphatic rings. The van der Waals surface area contributed by atoms with E-state index in [4.69, 9.17) is 0 Å². The van der Waals surface area contributed by atoms with Gasteiger partial charge >= 0.3 is 0 Å². The molecule has 6 nitrogen and oxygen atoms in total. The first-order valence-electron chi connectivity index (χ1n) is 15.0. The summed E-state index contributed by atoms with van der Waals surface area (Å²) in [6.45, 7) is 0. The normalized spacial score (nSPS) is 13.4. The molecule has 6 heteroatoms. The van der Waals surface area contributed by atoms with E-state index in [1.165, 1.54) is 0 Å². The molecule has 8 aromatic rings. The van der Waals surface area contributed by atoms with Crippen LogP contribution < -0.4 is 0 Å². The maximum atomic E-state index is 11.2. The average Bonchev–Trinajstić information content (AvgIpc) is 3.60. The van der Waals surface area contributed by atoms with Crippen molar-refractivity contribution in [2.75, 3.05) is 0 Å². The van der Waals surface area contributed by atoms with Gasteiger partial charge in [0.2, 0.25) is 0 Å². The van der Waals surface area contributed by atoms with Gasteiger partial charge in [0, 0.05) is 56.2 Å². The minimum Gasteiger partial charge on any atom is -0.507 e. The molecule has 6 aromatic carbocycles. The van der Waals surface area contributed by atoms with Crippen molar-refractivity contribution in [1.82, 2.24) is 9.13 Å². The van der Waals surface area contributed by atoms with E-state index in [1.807, 2.05) is 84.9 Å². The average molecular weight is 599 g/mol. The summed E-state index contributed by atoms with van der Waals surface area (Å²) in [5, 5.41) is 49.2. The third-order valence-electron chi connectivity index (χ3n) is 9.13. The molecule has 0 saturated carbocycles. The van der Waals surface area contributed by atoms with Gasteiger partial charge < -0.3 is 29.6 Å². The second kappa shape index (κ2) is 9.55. The molecule has 0 fully saturated rings. The SMILES string of the molecule is OC1=C(c2ccc(-n3c4ccccc4c4ccccc43)cc2O)C(O)=C1c1ccc(-n2c3ccccc3c3ccccc32)cc1O. The Kier molecular flexibility index (Phi) is 5.41. The van der Waals surface area contributed by atoms with E-state index in [0.717, 1.165) is 55.0 Å². The number of rotatable bonds is 4. The third-order valence-corrected chi connectivity index (χ3v) is 9.13. The molecule has 9 rings (SSSR count). The first-order valence-corrected chi connectivity index (χ1v) is 15.0. The molecule has 0 radical (unpaired) electrons. The second-order valence-electron chi connectivity index (χ2n) is 11.6. The number of allylic oxidation sites excluding steroid dienone is 2. The summed E-state index contributed by atoms with van der Waals surface area (Å²) < 4.78 is 4.17. The van der Waals surface area contributed by atoms with Gasteiger partial charge in [-0.15, -0.1) is 0 Å². The highest BCUT2D eigenvalue weighted by Crippen LogP contribution is 2.49. The van der Waals surface area contributed by atoms with Crippen LogP contribution >= 0.6 is 0 Å². The van der Waals surface area contributed by atoms with Crippen molar-refractivity contribution in [1.29, 1.82) is 0 Å². The summed E-state index contributed by atoms with van der Waals surface area (Å²) in [6.07, 6.45) is 0. The Morgan fingerprint density at radius 2 is 0.652 bits per heavy atom. The maximum Gasteiger partial charge on any atom is 0.139 e. The van der Waals surface area contributed by atoms with Crippen LogP contribution in [0.15, 0.2) is 145 Å². The summed E-state index contributed by atoms with van der Waals surface area (Å²) in [5.74, 6) is -0.565. The molecule has 46 heavy (non-hydrogen) atoms. The van der Waals surface area contributed by atoms with E-state index in [1.54, 1.807) is 24.3 Å². The van der Waals surface area contributed by atoms with Crippen molar-refractivity contribution in [2.24, 2.45) is 0 Å². The third kappa shape index (κ3) is 3.52. The van der Waals surface area contributed by atoms with Crippen molar-refractivity contribution in [2.45, 2.75) is 0 Å². The predicted octanol–water partition coefficient (Wildman–Crippen LogP) is 9.54. The Hall–Kier alpha value is -6.40. The first-order chi connectivity index (χ1) is 22.5. The van der Waals surface area contributed by atoms with Crippen molar-refractivity contribution in [3.05, 3.63) is 156 Å². The topological polar surface area (TPSA) is 90.8 Å². The lowest BCUT2D eigenvalue weighted by molar-refractivity contribution is 0.386. The number of hydrogen-bond acceptors (Lipinski definition) is 4. The zero-order chi connectivity index (χ0) is 31.1. The van der Waals surface area contributed by atoms with Gasteiger partial charge in [-0.25, -0.2) is 0 Å². The molecule has 1 aliphatic carbocycles. The second-order valence-corrected chi connectivity index (χ2v) is 11.6. The number of fused-ring (bicyclic) bond motifs is 6. The number of aromatic nitrogens is 2. The summed E-state index contributed by atoms with van der Waals surface area (Å²) in [5.41, 5.74) is 6.38. The molecule has 0 atom stereocenters. The smallest absolute Gasteiger partial charge is 0.139 e. The lowest BCUT2D eigenvalue weighted by Crippen LogP contribution is -2.11. The fourth-order valence-corrected chi connectivity index (χ4v) is 7.06. The van der Waals surface area contributed by atoms with E-state index in [-0.39, 0.29) is 34.2 Å². The molecule has 220 valence electrons. The molecule has 0 bridgehead atoms. The zero-order valence-corrected chi connectivity index (χ0v) is 24.4. The van der Waals surface area contributed by atoms with E-state index >= 15 is 0 Å². The fraction of sp³-hybridized carbons (Fsp3) is 0. The quantitative estimate of drug-likeness (QED) is 0.162. The monoisotopic (exact) mass is 598 g/mol. The Balaban J connectivity index is 1.09. The number of aliphatic hydroxyl groups excluding tert-OH is 2. The summed E-state index contributed by atoms with van der Waals surface area (Å²) in [6, 6.07) is 42.8. The van der Waals surface area contributed by atoms with Gasteiger partial charge in [0.05, 0.1) is 33.2 Å². The maximum absolute atomic E-state index is 11.2. The number of nitrogens with zero attached hydrogens (tertiary/aromatic N) is 2. The van der Waals surface area contributed by atoms with Gasteiger partial charge in [-0.3, -0.25) is 0 Å². The number of aromatic hydroxyl groups is 2. The Bertz CT molecular complexity index is 2340.